The van der Waals surface area contributed by atoms with E-state index in [-0.39, 0.29) is 12.5 Å². The first-order chi connectivity index (χ1) is 8.65. The molecule has 0 bridgehead atoms. The number of amides is 2. The maximum absolute atomic E-state index is 11.8. The maximum atomic E-state index is 11.8. The van der Waals surface area contributed by atoms with Crippen molar-refractivity contribution in [3.63, 3.8) is 0 Å². The lowest BCUT2D eigenvalue weighted by Crippen LogP contribution is -2.50. The lowest BCUT2D eigenvalue weighted by Gasteiger charge is -2.26. The Labute approximate surface area is 111 Å². The number of carboxylic acid groups (broad SMARTS) is 2. The van der Waals surface area contributed by atoms with Gasteiger partial charge in [0.15, 0.2) is 6.10 Å². The largest absolute Gasteiger partial charge is 0.480 e. The van der Waals surface area contributed by atoms with E-state index in [1.54, 1.807) is 0 Å². The molecule has 19 heavy (non-hydrogen) atoms. The minimum Gasteiger partial charge on any atom is -0.480 e. The zero-order valence-electron chi connectivity index (χ0n) is 11.2. The smallest absolute Gasteiger partial charge is 0.334 e. The standard InChI is InChI=1S/C11H20N2O6/c1-6(2)4-13(5-8(14)10(17)18)11(19)12-7(3)9(15)16/h6-8,14H,4-5H2,1-3H3,(H,12,19)(H,15,16)(H,17,18). The summed E-state index contributed by atoms with van der Waals surface area (Å²) in [7, 11) is 0. The third kappa shape index (κ3) is 6.61. The molecule has 8 nitrogen and oxygen atoms in total. The van der Waals surface area contributed by atoms with Gasteiger partial charge in [-0.05, 0) is 12.8 Å². The average molecular weight is 276 g/mol. The molecular weight excluding hydrogens is 256 g/mol. The normalized spacial score (nSPS) is 13.7. The fourth-order valence-corrected chi connectivity index (χ4v) is 1.31. The van der Waals surface area contributed by atoms with Gasteiger partial charge in [-0.2, -0.15) is 0 Å². The second-order valence-electron chi connectivity index (χ2n) is 4.66. The fourth-order valence-electron chi connectivity index (χ4n) is 1.31. The Morgan fingerprint density at radius 3 is 1.95 bits per heavy atom. The number of nitrogens with one attached hydrogen (secondary N) is 1. The third-order valence-corrected chi connectivity index (χ3v) is 2.26. The monoisotopic (exact) mass is 276 g/mol. The highest BCUT2D eigenvalue weighted by Gasteiger charge is 2.24. The van der Waals surface area contributed by atoms with E-state index in [4.69, 9.17) is 10.2 Å². The summed E-state index contributed by atoms with van der Waals surface area (Å²) >= 11 is 0. The molecule has 0 fully saturated rings. The Kier molecular flexibility index (Phi) is 6.84. The Bertz CT molecular complexity index is 344. The molecule has 0 radical (unpaired) electrons. The quantitative estimate of drug-likeness (QED) is 0.500. The van der Waals surface area contributed by atoms with Crippen LogP contribution in [0.3, 0.4) is 0 Å². The number of nitrogens with zero attached hydrogens (tertiary/aromatic N) is 1. The topological polar surface area (TPSA) is 127 Å². The number of carbonyl (C=O) groups is 3. The molecule has 2 unspecified atom stereocenters. The van der Waals surface area contributed by atoms with E-state index in [9.17, 15) is 19.5 Å². The van der Waals surface area contributed by atoms with Crippen molar-refractivity contribution in [3.05, 3.63) is 0 Å². The van der Waals surface area contributed by atoms with Gasteiger partial charge in [0.1, 0.15) is 6.04 Å². The van der Waals surface area contributed by atoms with Gasteiger partial charge in [0.25, 0.3) is 0 Å². The second-order valence-corrected chi connectivity index (χ2v) is 4.66. The van der Waals surface area contributed by atoms with E-state index in [1.165, 1.54) is 6.92 Å². The van der Waals surface area contributed by atoms with E-state index in [0.717, 1.165) is 4.90 Å². The highest BCUT2D eigenvalue weighted by molar-refractivity contribution is 5.82. The summed E-state index contributed by atoms with van der Waals surface area (Å²) < 4.78 is 0. The number of aliphatic carboxylic acids is 2. The number of hydrogen-bond donors (Lipinski definition) is 4. The number of rotatable bonds is 7. The molecule has 110 valence electrons. The van der Waals surface area contributed by atoms with Crippen LogP contribution >= 0.6 is 0 Å². The molecule has 0 aromatic carbocycles. The van der Waals surface area contributed by atoms with Crippen molar-refractivity contribution in [2.75, 3.05) is 13.1 Å². The fraction of sp³-hybridized carbons (Fsp3) is 0.727. The molecule has 0 saturated heterocycles. The molecule has 4 N–H and O–H groups in total. The number of aliphatic hydroxyl groups excluding tert-OH is 1. The molecule has 2 atom stereocenters. The van der Waals surface area contributed by atoms with Gasteiger partial charge >= 0.3 is 18.0 Å². The van der Waals surface area contributed by atoms with Crippen molar-refractivity contribution in [2.45, 2.75) is 32.9 Å². The minimum absolute atomic E-state index is 0.0480. The Morgan fingerprint density at radius 1 is 1.05 bits per heavy atom. The van der Waals surface area contributed by atoms with Crippen molar-refractivity contribution in [1.82, 2.24) is 10.2 Å². The van der Waals surface area contributed by atoms with Gasteiger partial charge < -0.3 is 25.5 Å². The van der Waals surface area contributed by atoms with Crippen LogP contribution < -0.4 is 5.32 Å². The van der Waals surface area contributed by atoms with Crippen LogP contribution in [0.15, 0.2) is 0 Å². The molecular formula is C11H20N2O6. The van der Waals surface area contributed by atoms with Crippen LogP contribution in [0.5, 0.6) is 0 Å². The number of carbonyl (C=O) groups excluding carboxylic acids is 1. The lowest BCUT2D eigenvalue weighted by atomic mass is 10.2. The lowest BCUT2D eigenvalue weighted by molar-refractivity contribution is -0.147. The summed E-state index contributed by atoms with van der Waals surface area (Å²) in [4.78, 5) is 34.1. The molecule has 0 aromatic heterocycles. The summed E-state index contributed by atoms with van der Waals surface area (Å²) in [6.07, 6.45) is -1.70. The van der Waals surface area contributed by atoms with Crippen molar-refractivity contribution < 1.29 is 29.7 Å². The first kappa shape index (κ1) is 17.2. The minimum atomic E-state index is -1.70. The highest BCUT2D eigenvalue weighted by Crippen LogP contribution is 2.02. The van der Waals surface area contributed by atoms with Crippen LogP contribution in [-0.2, 0) is 9.59 Å². The summed E-state index contributed by atoms with van der Waals surface area (Å²) in [5, 5.41) is 28.8. The molecule has 0 aliphatic rings. The Morgan fingerprint density at radius 2 is 1.58 bits per heavy atom. The summed E-state index contributed by atoms with van der Waals surface area (Å²) in [6, 6.07) is -1.81. The zero-order chi connectivity index (χ0) is 15.2. The van der Waals surface area contributed by atoms with E-state index in [2.05, 4.69) is 5.32 Å². The molecule has 8 heteroatoms. The van der Waals surface area contributed by atoms with Gasteiger partial charge in [-0.25, -0.2) is 9.59 Å². The van der Waals surface area contributed by atoms with Crippen LogP contribution in [-0.4, -0.2) is 63.4 Å². The second kappa shape index (κ2) is 7.57. The van der Waals surface area contributed by atoms with Crippen molar-refractivity contribution >= 4 is 18.0 Å². The SMILES string of the molecule is CC(C)CN(CC(O)C(=O)O)C(=O)NC(C)C(=O)O. The summed E-state index contributed by atoms with van der Waals surface area (Å²) in [6.45, 7) is 4.73. The zero-order valence-corrected chi connectivity index (χ0v) is 11.2. The van der Waals surface area contributed by atoms with Crippen LogP contribution in [0.25, 0.3) is 0 Å². The van der Waals surface area contributed by atoms with Crippen molar-refractivity contribution in [2.24, 2.45) is 5.92 Å². The molecule has 0 saturated carbocycles. The third-order valence-electron chi connectivity index (χ3n) is 2.26. The molecule has 0 spiro atoms. The number of hydrogen-bond acceptors (Lipinski definition) is 4. The van der Waals surface area contributed by atoms with Gasteiger partial charge in [-0.1, -0.05) is 13.8 Å². The van der Waals surface area contributed by atoms with Crippen LogP contribution in [0.2, 0.25) is 0 Å². The highest BCUT2D eigenvalue weighted by atomic mass is 16.4. The van der Waals surface area contributed by atoms with Crippen LogP contribution in [0.1, 0.15) is 20.8 Å². The van der Waals surface area contributed by atoms with Crippen molar-refractivity contribution in [1.29, 1.82) is 0 Å². The van der Waals surface area contributed by atoms with Crippen molar-refractivity contribution in [3.8, 4) is 0 Å². The first-order valence-electron chi connectivity index (χ1n) is 5.84. The van der Waals surface area contributed by atoms with Gasteiger partial charge in [0.05, 0.1) is 6.54 Å². The molecule has 0 rings (SSSR count). The average Bonchev–Trinajstić information content (AvgIpc) is 2.26. The van der Waals surface area contributed by atoms with E-state index >= 15 is 0 Å². The predicted octanol–water partition coefficient (Wildman–Crippen LogP) is -0.427. The van der Waals surface area contributed by atoms with Gasteiger partial charge in [-0.3, -0.25) is 4.79 Å². The molecule has 2 amide bonds. The molecule has 0 aromatic rings. The molecule has 0 heterocycles. The Balaban J connectivity index is 4.69. The molecule has 0 aliphatic carbocycles. The van der Waals surface area contributed by atoms with Crippen LogP contribution in [0.4, 0.5) is 4.79 Å². The number of urea groups is 1. The number of aliphatic hydroxyl groups is 1. The number of carboxylic acids is 2. The predicted molar refractivity (Wildman–Crippen MR) is 65.7 cm³/mol. The Hall–Kier alpha value is -1.83. The van der Waals surface area contributed by atoms with Gasteiger partial charge in [-0.15, -0.1) is 0 Å². The van der Waals surface area contributed by atoms with E-state index in [1.807, 2.05) is 13.8 Å². The van der Waals surface area contributed by atoms with E-state index in [0.29, 0.717) is 0 Å². The molecule has 0 aliphatic heterocycles. The maximum Gasteiger partial charge on any atom is 0.334 e. The first-order valence-corrected chi connectivity index (χ1v) is 5.84. The van der Waals surface area contributed by atoms with Gasteiger partial charge in [0.2, 0.25) is 0 Å². The summed E-state index contributed by atoms with van der Waals surface area (Å²) in [5.74, 6) is -2.59. The van der Waals surface area contributed by atoms with Crippen LogP contribution in [0, 0.1) is 5.92 Å². The van der Waals surface area contributed by atoms with Gasteiger partial charge in [0, 0.05) is 6.54 Å². The summed E-state index contributed by atoms with van der Waals surface area (Å²) in [5.41, 5.74) is 0. The van der Waals surface area contributed by atoms with E-state index < -0.39 is 36.7 Å².